The van der Waals surface area contributed by atoms with Gasteiger partial charge in [-0.1, -0.05) is 17.7 Å². The molecule has 0 saturated heterocycles. The monoisotopic (exact) mass is 496 g/mol. The number of rotatable bonds is 5. The van der Waals surface area contributed by atoms with E-state index in [1.807, 2.05) is 13.0 Å². The van der Waals surface area contributed by atoms with Gasteiger partial charge in [-0.3, -0.25) is 4.68 Å². The fourth-order valence-electron chi connectivity index (χ4n) is 4.33. The van der Waals surface area contributed by atoms with Crippen LogP contribution in [0.3, 0.4) is 0 Å². The summed E-state index contributed by atoms with van der Waals surface area (Å²) in [5.74, 6) is 0.507. The summed E-state index contributed by atoms with van der Waals surface area (Å²) < 4.78 is 35.7. The first-order valence-corrected chi connectivity index (χ1v) is 12.4. The van der Waals surface area contributed by atoms with Gasteiger partial charge in [0.15, 0.2) is 5.65 Å². The van der Waals surface area contributed by atoms with E-state index in [0.717, 1.165) is 10.9 Å². The molecule has 0 saturated carbocycles. The lowest BCUT2D eigenvalue weighted by molar-refractivity contribution is 0.408. The summed E-state index contributed by atoms with van der Waals surface area (Å²) in [5, 5.41) is 24.8. The SMILES string of the molecule is COc1cc(C)c2c(c(C#N)cn2S(=O)(=O)c2ccc(C)cc2)c1Cn1cc2ccc(C#N)nc2n1. The predicted molar refractivity (Wildman–Crippen MR) is 133 cm³/mol. The van der Waals surface area contributed by atoms with Crippen LogP contribution in [0.4, 0.5) is 0 Å². The molecule has 10 heteroatoms. The Hall–Kier alpha value is -4.67. The van der Waals surface area contributed by atoms with E-state index < -0.39 is 10.0 Å². The summed E-state index contributed by atoms with van der Waals surface area (Å²) in [7, 11) is -2.45. The Kier molecular flexibility index (Phi) is 5.47. The van der Waals surface area contributed by atoms with Gasteiger partial charge in [0.1, 0.15) is 23.6 Å². The van der Waals surface area contributed by atoms with Crippen molar-refractivity contribution in [1.29, 1.82) is 10.5 Å². The van der Waals surface area contributed by atoms with Gasteiger partial charge in [0.2, 0.25) is 0 Å². The molecule has 0 unspecified atom stereocenters. The average Bonchev–Trinajstić information content (AvgIpc) is 3.47. The van der Waals surface area contributed by atoms with E-state index in [1.54, 1.807) is 60.3 Å². The van der Waals surface area contributed by atoms with E-state index >= 15 is 0 Å². The van der Waals surface area contributed by atoms with Crippen LogP contribution >= 0.6 is 0 Å². The number of aryl methyl sites for hydroxylation is 2. The van der Waals surface area contributed by atoms with Crippen molar-refractivity contribution in [2.45, 2.75) is 25.3 Å². The molecule has 0 amide bonds. The second kappa shape index (κ2) is 8.52. The maximum absolute atomic E-state index is 13.6. The quantitative estimate of drug-likeness (QED) is 0.359. The molecular weight excluding hydrogens is 476 g/mol. The number of benzene rings is 2. The van der Waals surface area contributed by atoms with Crippen LogP contribution in [0.5, 0.6) is 5.75 Å². The topological polar surface area (TPSA) is 127 Å². The first kappa shape index (κ1) is 23.1. The lowest BCUT2D eigenvalue weighted by Crippen LogP contribution is -2.13. The predicted octanol–water partition coefficient (Wildman–Crippen LogP) is 4.04. The van der Waals surface area contributed by atoms with Crippen molar-refractivity contribution in [3.63, 3.8) is 0 Å². The van der Waals surface area contributed by atoms with E-state index in [-0.39, 0.29) is 22.7 Å². The van der Waals surface area contributed by atoms with Crippen LogP contribution in [-0.2, 0) is 16.6 Å². The van der Waals surface area contributed by atoms with Crippen molar-refractivity contribution in [1.82, 2.24) is 18.7 Å². The van der Waals surface area contributed by atoms with Gasteiger partial charge < -0.3 is 4.74 Å². The minimum atomic E-state index is -3.97. The Morgan fingerprint density at radius 2 is 1.78 bits per heavy atom. The molecule has 0 aliphatic heterocycles. The molecule has 178 valence electrons. The number of methoxy groups -OCH3 is 1. The smallest absolute Gasteiger partial charge is 0.268 e. The van der Waals surface area contributed by atoms with Crippen molar-refractivity contribution in [3.05, 3.63) is 82.8 Å². The summed E-state index contributed by atoms with van der Waals surface area (Å²) in [6.45, 7) is 3.86. The number of hydrogen-bond acceptors (Lipinski definition) is 7. The standard InChI is InChI=1S/C26H20N6O3S/c1-16-4-8-21(9-5-16)36(33,34)32-14-19(11-27)24-22(23(35-3)10-17(2)25(24)32)15-31-13-18-6-7-20(12-28)29-26(18)30-31/h4-10,13-14H,15H2,1-3H3. The molecule has 0 bridgehead atoms. The number of fused-ring (bicyclic) bond motifs is 2. The van der Waals surface area contributed by atoms with E-state index in [2.05, 4.69) is 16.2 Å². The van der Waals surface area contributed by atoms with Gasteiger partial charge in [-0.15, -0.1) is 0 Å². The largest absolute Gasteiger partial charge is 0.496 e. The molecule has 3 heterocycles. The third-order valence-corrected chi connectivity index (χ3v) is 7.74. The Bertz CT molecular complexity index is 1850. The molecule has 0 radical (unpaired) electrons. The second-order valence-electron chi connectivity index (χ2n) is 8.41. The highest BCUT2D eigenvalue weighted by Crippen LogP contribution is 2.37. The second-order valence-corrected chi connectivity index (χ2v) is 10.2. The highest BCUT2D eigenvalue weighted by atomic mass is 32.2. The van der Waals surface area contributed by atoms with Gasteiger partial charge in [-0.25, -0.2) is 17.4 Å². The fourth-order valence-corrected chi connectivity index (χ4v) is 5.76. The molecule has 36 heavy (non-hydrogen) atoms. The molecule has 0 aliphatic carbocycles. The number of hydrogen-bond donors (Lipinski definition) is 0. The molecule has 0 N–H and O–H groups in total. The minimum Gasteiger partial charge on any atom is -0.496 e. The third kappa shape index (κ3) is 3.65. The van der Waals surface area contributed by atoms with Crippen molar-refractivity contribution in [3.8, 4) is 17.9 Å². The molecule has 5 aromatic rings. The Balaban J connectivity index is 1.74. The molecular formula is C26H20N6O3S. The van der Waals surface area contributed by atoms with E-state index in [4.69, 9.17) is 10.00 Å². The Labute approximate surface area is 207 Å². The fraction of sp³-hybridized carbons (Fsp3) is 0.154. The van der Waals surface area contributed by atoms with Crippen molar-refractivity contribution >= 4 is 32.0 Å². The van der Waals surface area contributed by atoms with Crippen molar-refractivity contribution in [2.75, 3.05) is 7.11 Å². The first-order valence-electron chi connectivity index (χ1n) is 10.9. The van der Waals surface area contributed by atoms with E-state index in [0.29, 0.717) is 33.4 Å². The number of pyridine rings is 1. The van der Waals surface area contributed by atoms with Crippen LogP contribution in [0, 0.1) is 36.5 Å². The summed E-state index contributed by atoms with van der Waals surface area (Å²) in [5.41, 5.74) is 3.48. The number of nitriles is 2. The molecule has 0 atom stereocenters. The van der Waals surface area contributed by atoms with Gasteiger partial charge in [-0.2, -0.15) is 15.6 Å². The van der Waals surface area contributed by atoms with Crippen molar-refractivity contribution < 1.29 is 13.2 Å². The number of ether oxygens (including phenoxy) is 1. The highest BCUT2D eigenvalue weighted by Gasteiger charge is 2.26. The van der Waals surface area contributed by atoms with Crippen LogP contribution < -0.4 is 4.74 Å². The van der Waals surface area contributed by atoms with Gasteiger partial charge in [0.25, 0.3) is 10.0 Å². The van der Waals surface area contributed by atoms with Crippen LogP contribution in [-0.4, -0.2) is 34.3 Å². The average molecular weight is 497 g/mol. The molecule has 0 fully saturated rings. The summed E-state index contributed by atoms with van der Waals surface area (Å²) in [6, 6.07) is 15.9. The normalized spacial score (nSPS) is 11.5. The Morgan fingerprint density at radius 3 is 2.44 bits per heavy atom. The lowest BCUT2D eigenvalue weighted by atomic mass is 10.0. The third-order valence-electron chi connectivity index (χ3n) is 6.06. The van der Waals surface area contributed by atoms with Crippen LogP contribution in [0.1, 0.15) is 27.9 Å². The van der Waals surface area contributed by atoms with Crippen LogP contribution in [0.2, 0.25) is 0 Å². The molecule has 2 aromatic carbocycles. The van der Waals surface area contributed by atoms with E-state index in [9.17, 15) is 13.7 Å². The highest BCUT2D eigenvalue weighted by molar-refractivity contribution is 7.90. The van der Waals surface area contributed by atoms with Crippen LogP contribution in [0.25, 0.3) is 21.9 Å². The molecule has 5 rings (SSSR count). The maximum atomic E-state index is 13.6. The maximum Gasteiger partial charge on any atom is 0.268 e. The molecule has 0 spiro atoms. The number of nitrogens with zero attached hydrogens (tertiary/aromatic N) is 6. The van der Waals surface area contributed by atoms with Gasteiger partial charge in [0.05, 0.1) is 29.6 Å². The molecule has 9 nitrogen and oxygen atoms in total. The first-order chi connectivity index (χ1) is 17.3. The van der Waals surface area contributed by atoms with E-state index in [1.165, 1.54) is 17.3 Å². The zero-order valence-electron chi connectivity index (χ0n) is 19.7. The van der Waals surface area contributed by atoms with Crippen LogP contribution in [0.15, 0.2) is 59.8 Å². The summed E-state index contributed by atoms with van der Waals surface area (Å²) >= 11 is 0. The zero-order valence-corrected chi connectivity index (χ0v) is 20.5. The minimum absolute atomic E-state index is 0.129. The van der Waals surface area contributed by atoms with Gasteiger partial charge in [-0.05, 0) is 49.7 Å². The molecule has 0 aliphatic rings. The van der Waals surface area contributed by atoms with Crippen molar-refractivity contribution in [2.24, 2.45) is 0 Å². The van der Waals surface area contributed by atoms with Gasteiger partial charge >= 0.3 is 0 Å². The summed E-state index contributed by atoms with van der Waals surface area (Å²) in [6.07, 6.45) is 3.14. The zero-order chi connectivity index (χ0) is 25.6. The van der Waals surface area contributed by atoms with Gasteiger partial charge in [0, 0.05) is 28.7 Å². The molecule has 3 aromatic heterocycles. The Morgan fingerprint density at radius 1 is 1.03 bits per heavy atom. The number of aromatic nitrogens is 4. The summed E-state index contributed by atoms with van der Waals surface area (Å²) in [4.78, 5) is 4.35. The lowest BCUT2D eigenvalue weighted by Gasteiger charge is -2.15.